The van der Waals surface area contributed by atoms with Crippen molar-refractivity contribution in [3.8, 4) is 5.75 Å². The van der Waals surface area contributed by atoms with Gasteiger partial charge in [0.05, 0.1) is 19.0 Å². The fourth-order valence-electron chi connectivity index (χ4n) is 0.765. The molecular weight excluding hydrogens is 186 g/mol. The van der Waals surface area contributed by atoms with Crippen LogP contribution in [0.5, 0.6) is 5.75 Å². The second-order valence-corrected chi connectivity index (χ2v) is 2.68. The molecule has 1 atom stereocenters. The Hall–Kier alpha value is -1.24. The average Bonchev–Trinajstić information content (AvgIpc) is 2.16. The first kappa shape index (κ1) is 10.8. The van der Waals surface area contributed by atoms with Crippen LogP contribution in [0.2, 0.25) is 0 Å². The van der Waals surface area contributed by atoms with Gasteiger partial charge in [0.15, 0.2) is 5.75 Å². The van der Waals surface area contributed by atoms with Gasteiger partial charge >= 0.3 is 0 Å². The molecule has 0 spiro atoms. The number of ether oxygens (including phenoxy) is 1. The first-order valence-electron chi connectivity index (χ1n) is 4.17. The molecule has 0 fully saturated rings. The van der Waals surface area contributed by atoms with E-state index in [4.69, 9.17) is 15.4 Å². The third-order valence-electron chi connectivity index (χ3n) is 1.20. The van der Waals surface area contributed by atoms with E-state index >= 15 is 0 Å². The first-order valence-corrected chi connectivity index (χ1v) is 4.17. The second kappa shape index (κ2) is 4.85. The van der Waals surface area contributed by atoms with Crippen molar-refractivity contribution in [2.24, 2.45) is 5.73 Å². The van der Waals surface area contributed by atoms with E-state index in [0.29, 0.717) is 12.4 Å². The Labute approximate surface area is 81.9 Å². The van der Waals surface area contributed by atoms with Gasteiger partial charge in [-0.3, -0.25) is 5.73 Å². The summed E-state index contributed by atoms with van der Waals surface area (Å²) in [7, 11) is 0. The van der Waals surface area contributed by atoms with Gasteiger partial charge in [0.25, 0.3) is 5.91 Å². The topological polar surface area (TPSA) is 79.5 Å². The maximum Gasteiger partial charge on any atom is 0.294 e. The van der Waals surface area contributed by atoms with Crippen molar-refractivity contribution in [3.05, 3.63) is 18.7 Å². The predicted molar refractivity (Wildman–Crippen MR) is 48.0 cm³/mol. The molecule has 0 aliphatic carbocycles. The lowest BCUT2D eigenvalue weighted by Gasteiger charge is -2.23. The van der Waals surface area contributed by atoms with Gasteiger partial charge in [0.1, 0.15) is 6.33 Å². The molecule has 0 radical (unpaired) electrons. The quantitative estimate of drug-likeness (QED) is 0.421. The van der Waals surface area contributed by atoms with Crippen LogP contribution in [0.1, 0.15) is 13.8 Å². The zero-order valence-electron chi connectivity index (χ0n) is 8.14. The van der Waals surface area contributed by atoms with Gasteiger partial charge in [0, 0.05) is 6.92 Å². The molecule has 1 aromatic heterocycles. The molecule has 1 rings (SSSR count). The standard InChI is InChI=1S/C8H13N3O3/c1-3-12-14-8(2,9)13-7-4-10-6-11-5-7/h4-6H,3,9H2,1-2H3. The van der Waals surface area contributed by atoms with Crippen molar-refractivity contribution >= 4 is 0 Å². The van der Waals surface area contributed by atoms with Crippen LogP contribution in [0.15, 0.2) is 18.7 Å². The van der Waals surface area contributed by atoms with Crippen molar-refractivity contribution in [1.29, 1.82) is 0 Å². The van der Waals surface area contributed by atoms with E-state index in [1.165, 1.54) is 25.6 Å². The number of rotatable bonds is 5. The molecule has 14 heavy (non-hydrogen) atoms. The Morgan fingerprint density at radius 1 is 1.43 bits per heavy atom. The van der Waals surface area contributed by atoms with E-state index in [1.54, 1.807) is 6.92 Å². The fraction of sp³-hybridized carbons (Fsp3) is 0.500. The van der Waals surface area contributed by atoms with Crippen LogP contribution in [-0.4, -0.2) is 22.5 Å². The molecule has 1 aromatic rings. The molecule has 6 heteroatoms. The minimum absolute atomic E-state index is 0.390. The molecule has 0 aliphatic rings. The zero-order chi connectivity index (χ0) is 10.4. The first-order chi connectivity index (χ1) is 6.64. The van der Waals surface area contributed by atoms with Gasteiger partial charge in [-0.05, 0) is 6.92 Å². The Morgan fingerprint density at radius 2 is 2.07 bits per heavy atom. The largest absolute Gasteiger partial charge is 0.444 e. The number of nitrogens with zero attached hydrogens (tertiary/aromatic N) is 2. The third kappa shape index (κ3) is 3.65. The summed E-state index contributed by atoms with van der Waals surface area (Å²) in [6, 6.07) is 0. The molecule has 78 valence electrons. The van der Waals surface area contributed by atoms with Crippen molar-refractivity contribution in [3.63, 3.8) is 0 Å². The summed E-state index contributed by atoms with van der Waals surface area (Å²) in [6.45, 7) is 3.69. The summed E-state index contributed by atoms with van der Waals surface area (Å²) in [5.74, 6) is -0.932. The Balaban J connectivity index is 2.50. The minimum atomic E-state index is -1.35. The van der Waals surface area contributed by atoms with Gasteiger partial charge in [-0.1, -0.05) is 0 Å². The van der Waals surface area contributed by atoms with Crippen LogP contribution in [0.3, 0.4) is 0 Å². The maximum absolute atomic E-state index is 5.61. The van der Waals surface area contributed by atoms with Crippen molar-refractivity contribution in [2.45, 2.75) is 19.8 Å². The highest BCUT2D eigenvalue weighted by atomic mass is 17.2. The molecule has 0 aliphatic heterocycles. The highest BCUT2D eigenvalue weighted by molar-refractivity contribution is 5.10. The molecule has 0 amide bonds. The highest BCUT2D eigenvalue weighted by Gasteiger charge is 2.22. The monoisotopic (exact) mass is 199 g/mol. The summed E-state index contributed by atoms with van der Waals surface area (Å²) in [6.07, 6.45) is 4.35. The Morgan fingerprint density at radius 3 is 2.64 bits per heavy atom. The van der Waals surface area contributed by atoms with Crippen LogP contribution < -0.4 is 10.5 Å². The van der Waals surface area contributed by atoms with Crippen molar-refractivity contribution < 1.29 is 14.5 Å². The average molecular weight is 199 g/mol. The summed E-state index contributed by atoms with van der Waals surface area (Å²) in [5.41, 5.74) is 5.61. The second-order valence-electron chi connectivity index (χ2n) is 2.68. The van der Waals surface area contributed by atoms with E-state index < -0.39 is 5.91 Å². The van der Waals surface area contributed by atoms with E-state index in [-0.39, 0.29) is 0 Å². The van der Waals surface area contributed by atoms with E-state index in [0.717, 1.165) is 0 Å². The third-order valence-corrected chi connectivity index (χ3v) is 1.20. The summed E-state index contributed by atoms with van der Waals surface area (Å²) >= 11 is 0. The fourth-order valence-corrected chi connectivity index (χ4v) is 0.765. The van der Waals surface area contributed by atoms with Gasteiger partial charge in [-0.15, -0.1) is 0 Å². The van der Waals surface area contributed by atoms with Crippen LogP contribution in [0, 0.1) is 0 Å². The predicted octanol–water partition coefficient (Wildman–Crippen LogP) is 0.456. The number of hydrogen-bond acceptors (Lipinski definition) is 6. The molecule has 1 heterocycles. The lowest BCUT2D eigenvalue weighted by molar-refractivity contribution is -0.401. The zero-order valence-corrected chi connectivity index (χ0v) is 8.14. The van der Waals surface area contributed by atoms with Gasteiger partial charge in [0.2, 0.25) is 0 Å². The van der Waals surface area contributed by atoms with Gasteiger partial charge < -0.3 is 4.74 Å². The summed E-state index contributed by atoms with van der Waals surface area (Å²) in [4.78, 5) is 17.0. The van der Waals surface area contributed by atoms with Crippen LogP contribution in [-0.2, 0) is 9.78 Å². The molecule has 0 bridgehead atoms. The van der Waals surface area contributed by atoms with E-state index in [2.05, 4.69) is 14.9 Å². The molecule has 0 aromatic carbocycles. The Kier molecular flexibility index (Phi) is 3.75. The highest BCUT2D eigenvalue weighted by Crippen LogP contribution is 2.12. The summed E-state index contributed by atoms with van der Waals surface area (Å²) in [5, 5.41) is 0. The minimum Gasteiger partial charge on any atom is -0.444 e. The molecule has 6 nitrogen and oxygen atoms in total. The molecule has 0 saturated carbocycles. The van der Waals surface area contributed by atoms with E-state index in [1.807, 2.05) is 0 Å². The smallest absolute Gasteiger partial charge is 0.294 e. The number of nitrogens with two attached hydrogens (primary N) is 1. The van der Waals surface area contributed by atoms with Crippen LogP contribution in [0.4, 0.5) is 0 Å². The lowest BCUT2D eigenvalue weighted by Crippen LogP contribution is -2.45. The summed E-state index contributed by atoms with van der Waals surface area (Å²) < 4.78 is 5.21. The molecular formula is C8H13N3O3. The van der Waals surface area contributed by atoms with Crippen LogP contribution in [0.25, 0.3) is 0 Å². The number of aromatic nitrogens is 2. The molecule has 2 N–H and O–H groups in total. The van der Waals surface area contributed by atoms with Crippen LogP contribution >= 0.6 is 0 Å². The normalized spacial score (nSPS) is 14.8. The maximum atomic E-state index is 5.61. The lowest BCUT2D eigenvalue weighted by atomic mass is 10.5. The van der Waals surface area contributed by atoms with Gasteiger partial charge in [-0.2, -0.15) is 4.89 Å². The SMILES string of the molecule is CCOOC(C)(N)Oc1cncnc1. The molecule has 0 saturated heterocycles. The Bertz CT molecular complexity index is 266. The number of hydrogen-bond donors (Lipinski definition) is 1. The van der Waals surface area contributed by atoms with E-state index in [9.17, 15) is 0 Å². The van der Waals surface area contributed by atoms with Crippen molar-refractivity contribution in [1.82, 2.24) is 9.97 Å². The van der Waals surface area contributed by atoms with Gasteiger partial charge in [-0.25, -0.2) is 14.9 Å². The van der Waals surface area contributed by atoms with Crippen molar-refractivity contribution in [2.75, 3.05) is 6.61 Å². The molecule has 1 unspecified atom stereocenters.